The van der Waals surface area contributed by atoms with Gasteiger partial charge in [0.2, 0.25) is 0 Å². The van der Waals surface area contributed by atoms with E-state index in [1.807, 2.05) is 0 Å². The third kappa shape index (κ3) is 5.39. The summed E-state index contributed by atoms with van der Waals surface area (Å²) in [5.41, 5.74) is 3.41. The Bertz CT molecular complexity index is 730. The Balaban J connectivity index is 1.80. The highest BCUT2D eigenvalue weighted by atomic mass is 35.5. The van der Waals surface area contributed by atoms with Crippen molar-refractivity contribution in [3.63, 3.8) is 0 Å². The molecule has 0 saturated heterocycles. The van der Waals surface area contributed by atoms with E-state index in [4.69, 9.17) is 23.2 Å². The molecule has 2 rings (SSSR count). The van der Waals surface area contributed by atoms with Crippen molar-refractivity contribution < 1.29 is 9.59 Å². The van der Waals surface area contributed by atoms with Crippen LogP contribution in [0, 0.1) is 0 Å². The van der Waals surface area contributed by atoms with E-state index in [0.29, 0.717) is 21.2 Å². The second-order valence-electron chi connectivity index (χ2n) is 4.50. The molecule has 5 nitrogen and oxygen atoms in total. The molecule has 0 spiro atoms. The summed E-state index contributed by atoms with van der Waals surface area (Å²) in [6.45, 7) is -0.193. The molecule has 0 radical (unpaired) electrons. The van der Waals surface area contributed by atoms with Crippen molar-refractivity contribution in [2.45, 2.75) is 0 Å². The van der Waals surface area contributed by atoms with Crippen LogP contribution >= 0.6 is 23.2 Å². The van der Waals surface area contributed by atoms with E-state index in [2.05, 4.69) is 15.8 Å². The quantitative estimate of drug-likeness (QED) is 0.643. The molecule has 0 aromatic heterocycles. The van der Waals surface area contributed by atoms with Crippen molar-refractivity contribution in [1.29, 1.82) is 0 Å². The van der Waals surface area contributed by atoms with Gasteiger partial charge in [-0.05, 0) is 30.3 Å². The van der Waals surface area contributed by atoms with Crippen LogP contribution in [0.4, 0.5) is 0 Å². The van der Waals surface area contributed by atoms with Crippen molar-refractivity contribution in [1.82, 2.24) is 10.7 Å². The third-order valence-corrected chi connectivity index (χ3v) is 3.41. The lowest BCUT2D eigenvalue weighted by Crippen LogP contribution is -2.34. The summed E-state index contributed by atoms with van der Waals surface area (Å²) >= 11 is 11.7. The molecule has 0 aliphatic heterocycles. The summed E-state index contributed by atoms with van der Waals surface area (Å²) < 4.78 is 0. The number of carbonyl (C=O) groups is 2. The topological polar surface area (TPSA) is 70.6 Å². The second kappa shape index (κ2) is 8.31. The third-order valence-electron chi connectivity index (χ3n) is 2.81. The Kier molecular flexibility index (Phi) is 6.14. The molecule has 0 unspecified atom stereocenters. The highest BCUT2D eigenvalue weighted by Gasteiger charge is 2.07. The maximum atomic E-state index is 11.8. The maximum Gasteiger partial charge on any atom is 0.259 e. The SMILES string of the molecule is O=C(CNC(=O)c1ccc(Cl)cc1)N/N=C\c1ccccc1Cl. The van der Waals surface area contributed by atoms with Crippen LogP contribution in [0.5, 0.6) is 0 Å². The molecule has 0 atom stereocenters. The predicted molar refractivity (Wildman–Crippen MR) is 91.0 cm³/mol. The van der Waals surface area contributed by atoms with Crippen LogP contribution in [0.25, 0.3) is 0 Å². The first-order valence-corrected chi connectivity index (χ1v) is 7.42. The fraction of sp³-hybridized carbons (Fsp3) is 0.0625. The minimum Gasteiger partial charge on any atom is -0.343 e. The zero-order valence-corrected chi connectivity index (χ0v) is 13.4. The van der Waals surface area contributed by atoms with Crippen molar-refractivity contribution in [3.05, 3.63) is 69.7 Å². The summed E-state index contributed by atoms with van der Waals surface area (Å²) in [5, 5.41) is 7.34. The van der Waals surface area contributed by atoms with Gasteiger partial charge >= 0.3 is 0 Å². The van der Waals surface area contributed by atoms with E-state index in [9.17, 15) is 9.59 Å². The Hall–Kier alpha value is -2.37. The fourth-order valence-corrected chi connectivity index (χ4v) is 1.97. The number of nitrogens with one attached hydrogen (secondary N) is 2. The normalized spacial score (nSPS) is 10.5. The Morgan fingerprint density at radius 2 is 1.74 bits per heavy atom. The average Bonchev–Trinajstić information content (AvgIpc) is 2.55. The van der Waals surface area contributed by atoms with Crippen molar-refractivity contribution in [3.8, 4) is 0 Å². The lowest BCUT2D eigenvalue weighted by molar-refractivity contribution is -0.120. The van der Waals surface area contributed by atoms with Gasteiger partial charge in [0.05, 0.1) is 12.8 Å². The molecule has 0 aliphatic carbocycles. The number of halogens is 2. The van der Waals surface area contributed by atoms with Gasteiger partial charge < -0.3 is 5.32 Å². The molecular formula is C16H13Cl2N3O2. The average molecular weight is 350 g/mol. The number of carbonyl (C=O) groups excluding carboxylic acids is 2. The van der Waals surface area contributed by atoms with Crippen molar-refractivity contribution in [2.75, 3.05) is 6.54 Å². The van der Waals surface area contributed by atoms with Gasteiger partial charge in [-0.1, -0.05) is 41.4 Å². The van der Waals surface area contributed by atoms with E-state index < -0.39 is 5.91 Å². The molecule has 2 amide bonds. The molecule has 7 heteroatoms. The van der Waals surface area contributed by atoms with E-state index in [1.54, 1.807) is 48.5 Å². The first kappa shape index (κ1) is 17.0. The molecule has 0 aliphatic rings. The highest BCUT2D eigenvalue weighted by Crippen LogP contribution is 2.12. The van der Waals surface area contributed by atoms with Gasteiger partial charge in [-0.3, -0.25) is 9.59 Å². The standard InChI is InChI=1S/C16H13Cl2N3O2/c17-13-7-5-11(6-8-13)16(23)19-10-15(22)21-20-9-12-3-1-2-4-14(12)18/h1-9H,10H2,(H,19,23)(H,21,22)/b20-9-. The van der Waals surface area contributed by atoms with Gasteiger partial charge in [0.15, 0.2) is 0 Å². The molecule has 23 heavy (non-hydrogen) atoms. The van der Waals surface area contributed by atoms with Crippen LogP contribution in [0.3, 0.4) is 0 Å². The molecular weight excluding hydrogens is 337 g/mol. The number of hydrazone groups is 1. The maximum absolute atomic E-state index is 11.8. The number of hydrogen-bond donors (Lipinski definition) is 2. The monoisotopic (exact) mass is 349 g/mol. The van der Waals surface area contributed by atoms with E-state index in [0.717, 1.165) is 0 Å². The molecule has 2 aromatic rings. The summed E-state index contributed by atoms with van der Waals surface area (Å²) in [6, 6.07) is 13.4. The second-order valence-corrected chi connectivity index (χ2v) is 5.35. The Morgan fingerprint density at radius 3 is 2.43 bits per heavy atom. The number of nitrogens with zero attached hydrogens (tertiary/aromatic N) is 1. The predicted octanol–water partition coefficient (Wildman–Crippen LogP) is 2.87. The highest BCUT2D eigenvalue weighted by molar-refractivity contribution is 6.33. The molecule has 118 valence electrons. The van der Waals surface area contributed by atoms with Gasteiger partial charge in [0, 0.05) is 21.2 Å². The Morgan fingerprint density at radius 1 is 1.04 bits per heavy atom. The van der Waals surface area contributed by atoms with Crippen molar-refractivity contribution in [2.24, 2.45) is 5.10 Å². The summed E-state index contributed by atoms with van der Waals surface area (Å²) in [7, 11) is 0. The van der Waals surface area contributed by atoms with Crippen LogP contribution in [-0.4, -0.2) is 24.6 Å². The minimum absolute atomic E-state index is 0.193. The molecule has 2 N–H and O–H groups in total. The summed E-state index contributed by atoms with van der Waals surface area (Å²) in [4.78, 5) is 23.4. The number of amides is 2. The number of hydrogen-bond acceptors (Lipinski definition) is 3. The summed E-state index contributed by atoms with van der Waals surface area (Å²) in [5.74, 6) is -0.817. The van der Waals surface area contributed by atoms with Crippen LogP contribution in [0.2, 0.25) is 10.0 Å². The van der Waals surface area contributed by atoms with Crippen LogP contribution in [-0.2, 0) is 4.79 Å². The van der Waals surface area contributed by atoms with Crippen LogP contribution in [0.1, 0.15) is 15.9 Å². The molecule has 0 fully saturated rings. The number of rotatable bonds is 5. The first-order valence-electron chi connectivity index (χ1n) is 6.66. The zero-order chi connectivity index (χ0) is 16.7. The lowest BCUT2D eigenvalue weighted by atomic mass is 10.2. The molecule has 2 aromatic carbocycles. The Labute approximate surface area is 143 Å². The molecule has 0 bridgehead atoms. The number of benzene rings is 2. The zero-order valence-electron chi connectivity index (χ0n) is 11.9. The van der Waals surface area contributed by atoms with Gasteiger partial charge in [-0.25, -0.2) is 5.43 Å². The first-order chi connectivity index (χ1) is 11.1. The van der Waals surface area contributed by atoms with Crippen LogP contribution in [0.15, 0.2) is 53.6 Å². The summed E-state index contributed by atoms with van der Waals surface area (Å²) in [6.07, 6.45) is 1.43. The minimum atomic E-state index is -0.449. The largest absolute Gasteiger partial charge is 0.343 e. The van der Waals surface area contributed by atoms with Crippen molar-refractivity contribution >= 4 is 41.2 Å². The van der Waals surface area contributed by atoms with E-state index in [1.165, 1.54) is 6.21 Å². The van der Waals surface area contributed by atoms with E-state index >= 15 is 0 Å². The van der Waals surface area contributed by atoms with Gasteiger partial charge in [-0.15, -0.1) is 0 Å². The van der Waals surface area contributed by atoms with Gasteiger partial charge in [0.1, 0.15) is 0 Å². The molecule has 0 heterocycles. The fourth-order valence-electron chi connectivity index (χ4n) is 1.66. The molecule has 0 saturated carbocycles. The van der Waals surface area contributed by atoms with E-state index in [-0.39, 0.29) is 12.5 Å². The van der Waals surface area contributed by atoms with Gasteiger partial charge in [-0.2, -0.15) is 5.10 Å². The smallest absolute Gasteiger partial charge is 0.259 e. The van der Waals surface area contributed by atoms with Crippen LogP contribution < -0.4 is 10.7 Å². The lowest BCUT2D eigenvalue weighted by Gasteiger charge is -2.04. The van der Waals surface area contributed by atoms with Gasteiger partial charge in [0.25, 0.3) is 11.8 Å².